The molecule has 0 saturated heterocycles. The summed E-state index contributed by atoms with van der Waals surface area (Å²) in [5.41, 5.74) is 5.19. The van der Waals surface area contributed by atoms with Crippen molar-refractivity contribution in [3.8, 4) is 12.1 Å². The second-order valence-corrected chi connectivity index (χ2v) is 11.5. The van der Waals surface area contributed by atoms with Crippen LogP contribution in [-0.2, 0) is 4.74 Å². The zero-order valence-electron chi connectivity index (χ0n) is 27.8. The van der Waals surface area contributed by atoms with Crippen molar-refractivity contribution in [1.82, 2.24) is 0 Å². The third-order valence-electron chi connectivity index (χ3n) is 7.82. The highest BCUT2D eigenvalue weighted by atomic mass is 16.5. The summed E-state index contributed by atoms with van der Waals surface area (Å²) in [6.07, 6.45) is 20.8. The van der Waals surface area contributed by atoms with Crippen molar-refractivity contribution in [2.45, 2.75) is 79.1 Å². The van der Waals surface area contributed by atoms with Gasteiger partial charge >= 0.3 is 0 Å². The SMILES string of the molecule is CCCCN(CCCC)c1cccc(/C=C/C2=CC(=C(C#N)C#N)C=C(/C=C/c3cccc(N(CCCC)CCCC)c3)O2)c1. The van der Waals surface area contributed by atoms with E-state index in [-0.39, 0.29) is 5.57 Å². The van der Waals surface area contributed by atoms with Gasteiger partial charge in [0.25, 0.3) is 0 Å². The van der Waals surface area contributed by atoms with Crippen LogP contribution in [-0.4, -0.2) is 26.2 Å². The maximum atomic E-state index is 9.60. The van der Waals surface area contributed by atoms with Gasteiger partial charge in [0.15, 0.2) is 0 Å². The molecule has 0 spiro atoms. The van der Waals surface area contributed by atoms with Gasteiger partial charge in [0.2, 0.25) is 0 Å². The predicted molar refractivity (Wildman–Crippen MR) is 191 cm³/mol. The van der Waals surface area contributed by atoms with Crippen LogP contribution >= 0.6 is 0 Å². The first kappa shape index (κ1) is 35.0. The van der Waals surface area contributed by atoms with Crippen LogP contribution in [0.1, 0.15) is 90.2 Å². The molecule has 3 rings (SSSR count). The minimum atomic E-state index is 0.0593. The van der Waals surface area contributed by atoms with Crippen LogP contribution in [0.15, 0.2) is 95.5 Å². The molecule has 1 aliphatic rings. The Kier molecular flexibility index (Phi) is 15.3. The molecule has 1 heterocycles. The Morgan fingerprint density at radius 2 is 1.02 bits per heavy atom. The van der Waals surface area contributed by atoms with Crippen LogP contribution < -0.4 is 9.80 Å². The second-order valence-electron chi connectivity index (χ2n) is 11.5. The number of benzene rings is 2. The molecule has 0 amide bonds. The van der Waals surface area contributed by atoms with Gasteiger partial charge in [-0.3, -0.25) is 0 Å². The van der Waals surface area contributed by atoms with Crippen LogP contribution in [0.3, 0.4) is 0 Å². The van der Waals surface area contributed by atoms with Gasteiger partial charge in [-0.25, -0.2) is 0 Å². The number of nitrogens with zero attached hydrogens (tertiary/aromatic N) is 4. The molecule has 2 aromatic rings. The number of hydrogen-bond donors (Lipinski definition) is 0. The largest absolute Gasteiger partial charge is 0.457 e. The average Bonchev–Trinajstić information content (AvgIpc) is 3.07. The lowest BCUT2D eigenvalue weighted by atomic mass is 10.0. The Labute approximate surface area is 272 Å². The fourth-order valence-electron chi connectivity index (χ4n) is 5.15. The molecule has 0 unspecified atom stereocenters. The highest BCUT2D eigenvalue weighted by Crippen LogP contribution is 2.26. The lowest BCUT2D eigenvalue weighted by molar-refractivity contribution is 0.332. The summed E-state index contributed by atoms with van der Waals surface area (Å²) in [5.74, 6) is 1.15. The van der Waals surface area contributed by atoms with Crippen molar-refractivity contribution in [2.24, 2.45) is 0 Å². The minimum absolute atomic E-state index is 0.0593. The Morgan fingerprint density at radius 1 is 0.622 bits per heavy atom. The monoisotopic (exact) mass is 602 g/mol. The molecule has 0 saturated carbocycles. The van der Waals surface area contributed by atoms with Crippen LogP contribution in [0, 0.1) is 22.7 Å². The summed E-state index contributed by atoms with van der Waals surface area (Å²) in [4.78, 5) is 4.95. The van der Waals surface area contributed by atoms with Crippen LogP contribution in [0.25, 0.3) is 12.2 Å². The molecule has 0 aliphatic carbocycles. The quantitative estimate of drug-likeness (QED) is 0.159. The van der Waals surface area contributed by atoms with Crippen molar-refractivity contribution in [3.05, 3.63) is 107 Å². The topological polar surface area (TPSA) is 63.3 Å². The Bertz CT molecular complexity index is 1340. The summed E-state index contributed by atoms with van der Waals surface area (Å²) in [7, 11) is 0. The van der Waals surface area contributed by atoms with E-state index < -0.39 is 0 Å². The molecule has 2 aromatic carbocycles. The molecule has 5 heteroatoms. The molecule has 0 aromatic heterocycles. The van der Waals surface area contributed by atoms with E-state index in [0.717, 1.165) is 37.3 Å². The van der Waals surface area contributed by atoms with Crippen LogP contribution in [0.4, 0.5) is 11.4 Å². The molecular weight excluding hydrogens is 552 g/mol. The molecule has 5 nitrogen and oxygen atoms in total. The van der Waals surface area contributed by atoms with Crippen molar-refractivity contribution in [1.29, 1.82) is 10.5 Å². The highest BCUT2D eigenvalue weighted by Gasteiger charge is 2.13. The fraction of sp³-hybridized carbons (Fsp3) is 0.400. The van der Waals surface area contributed by atoms with E-state index in [1.807, 2.05) is 36.4 Å². The first-order valence-electron chi connectivity index (χ1n) is 16.8. The number of ether oxygens (including phenoxy) is 1. The first-order chi connectivity index (χ1) is 22.0. The minimum Gasteiger partial charge on any atom is -0.457 e. The lowest BCUT2D eigenvalue weighted by Crippen LogP contribution is -2.25. The standard InChI is InChI=1S/C40H50N4O/c1-5-9-23-43(24-10-6-2)37-17-13-15-33(27-37)19-21-39-29-35(36(31-41)32-42)30-40(45-39)22-20-34-16-14-18-38(28-34)44(25-11-7-3)26-12-8-4/h13-22,27-30H,5-12,23-26H2,1-4H3/b21-19+,22-20+. The lowest BCUT2D eigenvalue weighted by Gasteiger charge is -2.25. The molecule has 1 aliphatic heterocycles. The van der Waals surface area contributed by atoms with Crippen LogP contribution in [0.2, 0.25) is 0 Å². The molecule has 0 radical (unpaired) electrons. The number of anilines is 2. The molecule has 0 fully saturated rings. The van der Waals surface area contributed by atoms with Gasteiger partial charge in [-0.05, 0) is 85.4 Å². The first-order valence-corrected chi connectivity index (χ1v) is 16.8. The van der Waals surface area contributed by atoms with Gasteiger partial charge in [-0.1, -0.05) is 89.8 Å². The molecular formula is C40H50N4O. The van der Waals surface area contributed by atoms with Crippen LogP contribution in [0.5, 0.6) is 0 Å². The maximum Gasteiger partial charge on any atom is 0.137 e. The maximum absolute atomic E-state index is 9.60. The van der Waals surface area contributed by atoms with Crippen molar-refractivity contribution >= 4 is 23.5 Å². The van der Waals surface area contributed by atoms with Gasteiger partial charge in [-0.2, -0.15) is 10.5 Å². The Morgan fingerprint density at radius 3 is 1.38 bits per heavy atom. The summed E-state index contributed by atoms with van der Waals surface area (Å²) in [6, 6.07) is 21.2. The van der Waals surface area contributed by atoms with Gasteiger partial charge < -0.3 is 14.5 Å². The molecule has 45 heavy (non-hydrogen) atoms. The molecule has 0 N–H and O–H groups in total. The van der Waals surface area contributed by atoms with E-state index in [0.29, 0.717) is 17.1 Å². The van der Waals surface area contributed by atoms with E-state index in [1.165, 1.54) is 62.7 Å². The summed E-state index contributed by atoms with van der Waals surface area (Å²) < 4.78 is 6.24. The summed E-state index contributed by atoms with van der Waals surface area (Å²) >= 11 is 0. The smallest absolute Gasteiger partial charge is 0.137 e. The normalized spacial score (nSPS) is 12.8. The highest BCUT2D eigenvalue weighted by molar-refractivity contribution is 5.64. The number of allylic oxidation sites excluding steroid dienone is 6. The summed E-state index contributed by atoms with van der Waals surface area (Å²) in [6.45, 7) is 13.1. The number of unbranched alkanes of at least 4 members (excludes halogenated alkanes) is 4. The number of rotatable bonds is 18. The third kappa shape index (κ3) is 11.5. The van der Waals surface area contributed by atoms with E-state index in [2.05, 4.69) is 86.0 Å². The Balaban J connectivity index is 1.84. The summed E-state index contributed by atoms with van der Waals surface area (Å²) in [5, 5.41) is 19.2. The van der Waals surface area contributed by atoms with E-state index in [4.69, 9.17) is 4.74 Å². The van der Waals surface area contributed by atoms with E-state index in [9.17, 15) is 10.5 Å². The average molecular weight is 603 g/mol. The van der Waals surface area contributed by atoms with Crippen molar-refractivity contribution in [2.75, 3.05) is 36.0 Å². The zero-order chi connectivity index (χ0) is 32.3. The van der Waals surface area contributed by atoms with Gasteiger partial charge in [0.05, 0.1) is 0 Å². The van der Waals surface area contributed by atoms with Crippen molar-refractivity contribution < 1.29 is 4.74 Å². The van der Waals surface area contributed by atoms with Gasteiger partial charge in [-0.15, -0.1) is 0 Å². The predicted octanol–water partition coefficient (Wildman–Crippen LogP) is 10.4. The molecule has 0 atom stereocenters. The molecule has 236 valence electrons. The molecule has 0 bridgehead atoms. The zero-order valence-corrected chi connectivity index (χ0v) is 27.8. The fourth-order valence-corrected chi connectivity index (χ4v) is 5.15. The second kappa shape index (κ2) is 19.7. The van der Waals surface area contributed by atoms with E-state index >= 15 is 0 Å². The van der Waals surface area contributed by atoms with Gasteiger partial charge in [0, 0.05) is 43.1 Å². The van der Waals surface area contributed by atoms with Crippen molar-refractivity contribution in [3.63, 3.8) is 0 Å². The Hall–Kier alpha value is -4.48. The van der Waals surface area contributed by atoms with Gasteiger partial charge in [0.1, 0.15) is 29.2 Å². The third-order valence-corrected chi connectivity index (χ3v) is 7.82. The number of hydrogen-bond acceptors (Lipinski definition) is 5. The van der Waals surface area contributed by atoms with E-state index in [1.54, 1.807) is 12.2 Å². The number of nitriles is 2.